The van der Waals surface area contributed by atoms with E-state index in [4.69, 9.17) is 17.0 Å². The maximum atomic E-state index is 13.3. The van der Waals surface area contributed by atoms with Crippen LogP contribution in [0, 0.1) is 0 Å². The van der Waals surface area contributed by atoms with Crippen molar-refractivity contribution in [3.63, 3.8) is 0 Å². The molecule has 0 radical (unpaired) electrons. The van der Waals surface area contributed by atoms with Gasteiger partial charge in [-0.05, 0) is 30.3 Å². The second kappa shape index (κ2) is 9.04. The van der Waals surface area contributed by atoms with Gasteiger partial charge >= 0.3 is 0 Å². The van der Waals surface area contributed by atoms with Gasteiger partial charge in [0, 0.05) is 11.3 Å². The molecule has 2 aromatic rings. The first kappa shape index (κ1) is 22.5. The van der Waals surface area contributed by atoms with E-state index in [1.165, 1.54) is 12.0 Å². The van der Waals surface area contributed by atoms with Gasteiger partial charge in [0.1, 0.15) is 16.6 Å². The van der Waals surface area contributed by atoms with Crippen LogP contribution in [-0.4, -0.2) is 53.1 Å². The molecule has 2 heterocycles. The van der Waals surface area contributed by atoms with Gasteiger partial charge in [0.15, 0.2) is 0 Å². The molecule has 2 aromatic carbocycles. The Balaban J connectivity index is 1.61. The molecule has 0 saturated carbocycles. The van der Waals surface area contributed by atoms with Gasteiger partial charge < -0.3 is 20.0 Å². The minimum atomic E-state index is -1.47. The van der Waals surface area contributed by atoms with Crippen molar-refractivity contribution in [1.82, 2.24) is 4.90 Å². The number of thioether (sulfide) groups is 1. The summed E-state index contributed by atoms with van der Waals surface area (Å²) in [5, 5.41) is 13.7. The lowest BCUT2D eigenvalue weighted by molar-refractivity contribution is -0.305. The molecule has 33 heavy (non-hydrogen) atoms. The molecular formula is C22H16N3O6S2-. The van der Waals surface area contributed by atoms with Crippen molar-refractivity contribution < 1.29 is 29.0 Å². The lowest BCUT2D eigenvalue weighted by Gasteiger charge is -2.17. The normalized spacial score (nSPS) is 17.4. The van der Waals surface area contributed by atoms with Crippen LogP contribution in [-0.2, 0) is 19.2 Å². The summed E-state index contributed by atoms with van der Waals surface area (Å²) < 4.78 is 5.11. The van der Waals surface area contributed by atoms with Crippen molar-refractivity contribution in [2.24, 2.45) is 0 Å². The lowest BCUT2D eigenvalue weighted by atomic mass is 10.1. The van der Waals surface area contributed by atoms with E-state index >= 15 is 0 Å². The van der Waals surface area contributed by atoms with Crippen LogP contribution in [0.3, 0.4) is 0 Å². The number of nitrogens with zero attached hydrogens (tertiary/aromatic N) is 2. The van der Waals surface area contributed by atoms with Crippen molar-refractivity contribution in [2.45, 2.75) is 0 Å². The Morgan fingerprint density at radius 1 is 1.03 bits per heavy atom. The molecule has 0 unspecified atom stereocenters. The predicted octanol–water partition coefficient (Wildman–Crippen LogP) is 1.00. The summed E-state index contributed by atoms with van der Waals surface area (Å²) in [7, 11) is 1.54. The second-order valence-electron chi connectivity index (χ2n) is 7.02. The fourth-order valence-electron chi connectivity index (χ4n) is 3.49. The standard InChI is InChI=1S/C22H17N3O6S2/c1-31-13-8-6-12(7-9-13)23-16(26)10-24-15-5-3-2-4-14(15)18(20(24)29)19-21(30)25(11-17(27)28)22(32)33-19/h2-9H,10-11H2,1H3,(H,23,26)(H,27,28)/p-1/b19-18-. The molecule has 3 amide bonds. The van der Waals surface area contributed by atoms with E-state index < -0.39 is 30.2 Å². The number of carboxylic acids is 1. The van der Waals surface area contributed by atoms with E-state index in [0.717, 1.165) is 16.7 Å². The van der Waals surface area contributed by atoms with E-state index in [1.54, 1.807) is 48.5 Å². The van der Waals surface area contributed by atoms with Crippen LogP contribution in [0.4, 0.5) is 11.4 Å². The first-order valence-electron chi connectivity index (χ1n) is 9.63. The molecule has 0 aliphatic carbocycles. The Bertz CT molecular complexity index is 1220. The summed E-state index contributed by atoms with van der Waals surface area (Å²) >= 11 is 5.97. The Labute approximate surface area is 198 Å². The minimum absolute atomic E-state index is 0.0210. The van der Waals surface area contributed by atoms with Gasteiger partial charge in [-0.25, -0.2) is 0 Å². The number of benzene rings is 2. The average molecular weight is 483 g/mol. The molecule has 0 bridgehead atoms. The number of carboxylic acid groups (broad SMARTS) is 1. The summed E-state index contributed by atoms with van der Waals surface area (Å²) in [6, 6.07) is 13.5. The number of hydrogen-bond donors (Lipinski definition) is 1. The van der Waals surface area contributed by atoms with Gasteiger partial charge in [-0.15, -0.1) is 0 Å². The van der Waals surface area contributed by atoms with Crippen LogP contribution in [0.5, 0.6) is 5.75 Å². The molecule has 0 spiro atoms. The van der Waals surface area contributed by atoms with E-state index in [2.05, 4.69) is 5.32 Å². The Morgan fingerprint density at radius 3 is 2.39 bits per heavy atom. The molecule has 0 aromatic heterocycles. The van der Waals surface area contributed by atoms with E-state index in [0.29, 0.717) is 22.7 Å². The van der Waals surface area contributed by atoms with Gasteiger partial charge in [0.2, 0.25) is 5.91 Å². The van der Waals surface area contributed by atoms with Crippen molar-refractivity contribution in [1.29, 1.82) is 0 Å². The molecule has 2 aliphatic rings. The van der Waals surface area contributed by atoms with Crippen LogP contribution in [0.15, 0.2) is 53.4 Å². The number of methoxy groups -OCH3 is 1. The van der Waals surface area contributed by atoms with Crippen LogP contribution in [0.2, 0.25) is 0 Å². The van der Waals surface area contributed by atoms with Gasteiger partial charge in [-0.3, -0.25) is 24.2 Å². The largest absolute Gasteiger partial charge is 0.548 e. The Kier molecular flexibility index (Phi) is 6.16. The average Bonchev–Trinajstić information content (AvgIpc) is 3.21. The summed E-state index contributed by atoms with van der Waals surface area (Å²) in [6.45, 7) is -0.990. The number of amides is 3. The van der Waals surface area contributed by atoms with Crippen molar-refractivity contribution in [3.05, 3.63) is 59.0 Å². The van der Waals surface area contributed by atoms with Gasteiger partial charge in [-0.2, -0.15) is 0 Å². The zero-order valence-electron chi connectivity index (χ0n) is 17.2. The molecule has 1 N–H and O–H groups in total. The molecule has 2 aliphatic heterocycles. The van der Waals surface area contributed by atoms with Crippen molar-refractivity contribution in [3.8, 4) is 5.75 Å². The van der Waals surface area contributed by atoms with E-state index in [-0.39, 0.29) is 21.3 Å². The number of nitrogens with one attached hydrogen (secondary N) is 1. The second-order valence-corrected chi connectivity index (χ2v) is 8.66. The highest BCUT2D eigenvalue weighted by Gasteiger charge is 2.42. The zero-order valence-corrected chi connectivity index (χ0v) is 18.8. The van der Waals surface area contributed by atoms with E-state index in [9.17, 15) is 24.3 Å². The number of para-hydroxylation sites is 1. The van der Waals surface area contributed by atoms with E-state index in [1.807, 2.05) is 0 Å². The minimum Gasteiger partial charge on any atom is -0.548 e. The predicted molar refractivity (Wildman–Crippen MR) is 124 cm³/mol. The van der Waals surface area contributed by atoms with Gasteiger partial charge in [0.25, 0.3) is 11.8 Å². The smallest absolute Gasteiger partial charge is 0.267 e. The third-order valence-electron chi connectivity index (χ3n) is 4.96. The summed E-state index contributed by atoms with van der Waals surface area (Å²) in [6.07, 6.45) is 0. The highest BCUT2D eigenvalue weighted by atomic mass is 32.2. The van der Waals surface area contributed by atoms with Gasteiger partial charge in [-0.1, -0.05) is 42.2 Å². The number of anilines is 2. The summed E-state index contributed by atoms with van der Waals surface area (Å²) in [5.41, 5.74) is 1.55. The topological polar surface area (TPSA) is 119 Å². The molecule has 1 saturated heterocycles. The van der Waals surface area contributed by atoms with Crippen molar-refractivity contribution >= 4 is 68.9 Å². The third-order valence-corrected chi connectivity index (χ3v) is 6.41. The number of thiocarbonyl (C=S) groups is 1. The lowest BCUT2D eigenvalue weighted by Crippen LogP contribution is -2.40. The fraction of sp³-hybridized carbons (Fsp3) is 0.136. The monoisotopic (exact) mass is 482 g/mol. The SMILES string of the molecule is COc1ccc(NC(=O)CN2C(=O)/C(=C3\SC(=S)N(CC(=O)[O-])C3=O)c3ccccc32)cc1. The van der Waals surface area contributed by atoms with Crippen LogP contribution in [0.25, 0.3) is 5.57 Å². The number of aliphatic carboxylic acids is 1. The number of rotatable bonds is 6. The van der Waals surface area contributed by atoms with Crippen LogP contribution >= 0.6 is 24.0 Å². The Morgan fingerprint density at radius 2 is 1.73 bits per heavy atom. The number of hydrogen-bond acceptors (Lipinski definition) is 8. The molecule has 11 heteroatoms. The highest BCUT2D eigenvalue weighted by molar-refractivity contribution is 8.26. The number of carbonyl (C=O) groups excluding carboxylic acids is 4. The fourth-order valence-corrected chi connectivity index (χ4v) is 4.82. The summed E-state index contributed by atoms with van der Waals surface area (Å²) in [5.74, 6) is -2.49. The molecular weight excluding hydrogens is 466 g/mol. The molecule has 9 nitrogen and oxygen atoms in total. The zero-order chi connectivity index (χ0) is 23.7. The van der Waals surface area contributed by atoms with Gasteiger partial charge in [0.05, 0.1) is 35.8 Å². The summed E-state index contributed by atoms with van der Waals surface area (Å²) in [4.78, 5) is 52.0. The first-order chi connectivity index (χ1) is 15.8. The molecule has 1 fully saturated rings. The maximum absolute atomic E-state index is 13.3. The van der Waals surface area contributed by atoms with Crippen LogP contribution < -0.4 is 20.1 Å². The number of ether oxygens (including phenoxy) is 1. The molecule has 168 valence electrons. The third kappa shape index (κ3) is 4.32. The quantitative estimate of drug-likeness (QED) is 0.479. The highest BCUT2D eigenvalue weighted by Crippen LogP contribution is 2.44. The molecule has 4 rings (SSSR count). The molecule has 0 atom stereocenters. The Hall–Kier alpha value is -3.70. The maximum Gasteiger partial charge on any atom is 0.267 e. The number of carbonyl (C=O) groups is 4. The number of fused-ring (bicyclic) bond motifs is 1. The van der Waals surface area contributed by atoms with Crippen LogP contribution in [0.1, 0.15) is 5.56 Å². The first-order valence-corrected chi connectivity index (χ1v) is 10.9. The van der Waals surface area contributed by atoms with Crippen molar-refractivity contribution in [2.75, 3.05) is 30.4 Å².